The van der Waals surface area contributed by atoms with E-state index in [0.717, 1.165) is 44.1 Å². The second-order valence-electron chi connectivity index (χ2n) is 4.97. The smallest absolute Gasteiger partial charge is 0.305 e. The van der Waals surface area contributed by atoms with Gasteiger partial charge in [-0.3, -0.25) is 9.79 Å². The van der Waals surface area contributed by atoms with Crippen LogP contribution in [0, 0.1) is 0 Å². The summed E-state index contributed by atoms with van der Waals surface area (Å²) in [5.41, 5.74) is 0. The fourth-order valence-electron chi connectivity index (χ4n) is 1.91. The molecular formula is C17H27N3O3. The van der Waals surface area contributed by atoms with Gasteiger partial charge in [-0.2, -0.15) is 0 Å². The van der Waals surface area contributed by atoms with E-state index in [1.54, 1.807) is 7.05 Å². The molecule has 0 heterocycles. The largest absolute Gasteiger partial charge is 0.494 e. The van der Waals surface area contributed by atoms with Gasteiger partial charge in [-0.25, -0.2) is 0 Å². The number of benzene rings is 1. The van der Waals surface area contributed by atoms with Crippen LogP contribution >= 0.6 is 0 Å². The topological polar surface area (TPSA) is 72.0 Å². The Labute approximate surface area is 138 Å². The third-order valence-corrected chi connectivity index (χ3v) is 3.18. The number of carbonyl (C=O) groups excluding carboxylic acids is 1. The molecular weight excluding hydrogens is 294 g/mol. The van der Waals surface area contributed by atoms with E-state index in [0.29, 0.717) is 13.0 Å². The summed E-state index contributed by atoms with van der Waals surface area (Å²) in [6, 6.07) is 9.78. The minimum absolute atomic E-state index is 0.161. The van der Waals surface area contributed by atoms with Crippen LogP contribution in [-0.4, -0.2) is 45.8 Å². The Bertz CT molecular complexity index is 463. The zero-order valence-corrected chi connectivity index (χ0v) is 14.0. The van der Waals surface area contributed by atoms with E-state index >= 15 is 0 Å². The number of para-hydroxylation sites is 1. The van der Waals surface area contributed by atoms with Crippen LogP contribution in [0.5, 0.6) is 5.75 Å². The number of hydrogen-bond acceptors (Lipinski definition) is 4. The lowest BCUT2D eigenvalue weighted by atomic mass is 10.2. The quantitative estimate of drug-likeness (QED) is 0.298. The number of guanidine groups is 1. The number of esters is 1. The lowest BCUT2D eigenvalue weighted by molar-refractivity contribution is -0.140. The van der Waals surface area contributed by atoms with E-state index in [4.69, 9.17) is 4.74 Å². The van der Waals surface area contributed by atoms with E-state index in [9.17, 15) is 4.79 Å². The van der Waals surface area contributed by atoms with Gasteiger partial charge in [-0.15, -0.1) is 0 Å². The van der Waals surface area contributed by atoms with E-state index in [-0.39, 0.29) is 5.97 Å². The molecule has 1 aromatic rings. The second kappa shape index (κ2) is 12.3. The van der Waals surface area contributed by atoms with Gasteiger partial charge in [0.1, 0.15) is 5.75 Å². The average molecular weight is 321 g/mol. The summed E-state index contributed by atoms with van der Waals surface area (Å²) >= 11 is 0. The Hall–Kier alpha value is -2.24. The van der Waals surface area contributed by atoms with E-state index in [1.807, 2.05) is 30.3 Å². The average Bonchev–Trinajstić information content (AvgIpc) is 2.60. The maximum Gasteiger partial charge on any atom is 0.305 e. The van der Waals surface area contributed by atoms with E-state index in [1.165, 1.54) is 7.11 Å². The van der Waals surface area contributed by atoms with E-state index in [2.05, 4.69) is 20.4 Å². The fourth-order valence-corrected chi connectivity index (χ4v) is 1.91. The highest BCUT2D eigenvalue weighted by atomic mass is 16.5. The number of ether oxygens (including phenoxy) is 2. The van der Waals surface area contributed by atoms with Crippen molar-refractivity contribution in [2.45, 2.75) is 25.7 Å². The molecule has 0 saturated heterocycles. The molecule has 0 unspecified atom stereocenters. The van der Waals surface area contributed by atoms with Gasteiger partial charge in [0.2, 0.25) is 0 Å². The normalized spacial score (nSPS) is 11.0. The number of nitrogens with zero attached hydrogens (tertiary/aromatic N) is 1. The molecule has 0 aliphatic heterocycles. The Morgan fingerprint density at radius 2 is 1.78 bits per heavy atom. The molecule has 128 valence electrons. The molecule has 6 heteroatoms. The molecule has 2 N–H and O–H groups in total. The Balaban J connectivity index is 2.02. The van der Waals surface area contributed by atoms with Gasteiger partial charge >= 0.3 is 5.97 Å². The maximum absolute atomic E-state index is 11.0. The van der Waals surface area contributed by atoms with Crippen LogP contribution in [-0.2, 0) is 9.53 Å². The van der Waals surface area contributed by atoms with Gasteiger partial charge in [0, 0.05) is 26.6 Å². The molecule has 0 fully saturated rings. The predicted molar refractivity (Wildman–Crippen MR) is 91.8 cm³/mol. The van der Waals surface area contributed by atoms with Gasteiger partial charge in [-0.05, 0) is 31.4 Å². The van der Waals surface area contributed by atoms with Crippen molar-refractivity contribution in [3.05, 3.63) is 30.3 Å². The number of rotatable bonds is 10. The lowest BCUT2D eigenvalue weighted by Crippen LogP contribution is -2.38. The van der Waals surface area contributed by atoms with Crippen LogP contribution < -0.4 is 15.4 Å². The van der Waals surface area contributed by atoms with E-state index < -0.39 is 0 Å². The lowest BCUT2D eigenvalue weighted by Gasteiger charge is -2.12. The first-order valence-electron chi connectivity index (χ1n) is 7.95. The molecule has 0 radical (unpaired) electrons. The van der Waals surface area contributed by atoms with Crippen LogP contribution in [0.2, 0.25) is 0 Å². The van der Waals surface area contributed by atoms with Gasteiger partial charge in [0.05, 0.1) is 13.7 Å². The third-order valence-electron chi connectivity index (χ3n) is 3.18. The molecule has 1 rings (SSSR count). The van der Waals surface area contributed by atoms with Gasteiger partial charge < -0.3 is 20.1 Å². The molecule has 23 heavy (non-hydrogen) atoms. The fraction of sp³-hybridized carbons (Fsp3) is 0.529. The summed E-state index contributed by atoms with van der Waals surface area (Å²) in [6.45, 7) is 2.22. The highest BCUT2D eigenvalue weighted by Gasteiger charge is 2.00. The van der Waals surface area contributed by atoms with Crippen molar-refractivity contribution < 1.29 is 14.3 Å². The first kappa shape index (κ1) is 18.8. The zero-order valence-electron chi connectivity index (χ0n) is 14.0. The minimum Gasteiger partial charge on any atom is -0.494 e. The molecule has 0 atom stereocenters. The number of nitrogens with one attached hydrogen (secondary N) is 2. The third kappa shape index (κ3) is 9.39. The van der Waals surface area contributed by atoms with Crippen molar-refractivity contribution in [1.29, 1.82) is 0 Å². The van der Waals surface area contributed by atoms with Crippen molar-refractivity contribution >= 4 is 11.9 Å². The summed E-state index contributed by atoms with van der Waals surface area (Å²) in [5, 5.41) is 6.45. The summed E-state index contributed by atoms with van der Waals surface area (Å²) in [5.74, 6) is 1.49. The number of carbonyl (C=O) groups is 1. The summed E-state index contributed by atoms with van der Waals surface area (Å²) in [7, 11) is 3.15. The van der Waals surface area contributed by atoms with Crippen molar-refractivity contribution in [2.24, 2.45) is 4.99 Å². The molecule has 0 spiro atoms. The minimum atomic E-state index is -0.161. The maximum atomic E-state index is 11.0. The van der Waals surface area contributed by atoms with Crippen molar-refractivity contribution in [3.63, 3.8) is 0 Å². The number of aliphatic imine (C=N–C) groups is 1. The number of unbranched alkanes of at least 4 members (excludes halogenated alkanes) is 1. The molecule has 0 aliphatic carbocycles. The number of hydrogen-bond donors (Lipinski definition) is 2. The molecule has 6 nitrogen and oxygen atoms in total. The van der Waals surface area contributed by atoms with Crippen molar-refractivity contribution in [2.75, 3.05) is 33.9 Å². The highest BCUT2D eigenvalue weighted by molar-refractivity contribution is 5.79. The predicted octanol–water partition coefficient (Wildman–Crippen LogP) is 1.96. The summed E-state index contributed by atoms with van der Waals surface area (Å²) < 4.78 is 10.2. The Kier molecular flexibility index (Phi) is 10.1. The number of methoxy groups -OCH3 is 1. The second-order valence-corrected chi connectivity index (χ2v) is 4.97. The Morgan fingerprint density at radius 1 is 1.09 bits per heavy atom. The van der Waals surface area contributed by atoms with Crippen LogP contribution in [0.4, 0.5) is 0 Å². The molecule has 0 aromatic heterocycles. The molecule has 1 aromatic carbocycles. The Morgan fingerprint density at radius 3 is 2.43 bits per heavy atom. The van der Waals surface area contributed by atoms with Crippen molar-refractivity contribution in [3.8, 4) is 5.75 Å². The first-order chi connectivity index (χ1) is 11.3. The zero-order chi connectivity index (χ0) is 16.8. The van der Waals surface area contributed by atoms with Crippen LogP contribution in [0.1, 0.15) is 25.7 Å². The highest BCUT2D eigenvalue weighted by Crippen LogP contribution is 2.07. The van der Waals surface area contributed by atoms with Crippen LogP contribution in [0.3, 0.4) is 0 Å². The molecule has 0 aliphatic rings. The van der Waals surface area contributed by atoms with Gasteiger partial charge in [0.25, 0.3) is 0 Å². The van der Waals surface area contributed by atoms with Crippen LogP contribution in [0.15, 0.2) is 35.3 Å². The van der Waals surface area contributed by atoms with Gasteiger partial charge in [0.15, 0.2) is 5.96 Å². The van der Waals surface area contributed by atoms with Gasteiger partial charge in [-0.1, -0.05) is 18.2 Å². The molecule has 0 saturated carbocycles. The standard InChI is InChI=1S/C17H27N3O3/c1-18-17(19-12-7-6-11-16(21)22-2)20-13-8-14-23-15-9-4-3-5-10-15/h3-5,9-10H,6-8,11-14H2,1-2H3,(H2,18,19,20). The molecule has 0 amide bonds. The SMILES string of the molecule is CN=C(NCCCCC(=O)OC)NCCCOc1ccccc1. The van der Waals surface area contributed by atoms with Crippen molar-refractivity contribution in [1.82, 2.24) is 10.6 Å². The molecule has 0 bridgehead atoms. The summed E-state index contributed by atoms with van der Waals surface area (Å²) in [6.07, 6.45) is 3.05. The van der Waals surface area contributed by atoms with Crippen LogP contribution in [0.25, 0.3) is 0 Å². The first-order valence-corrected chi connectivity index (χ1v) is 7.95. The summed E-state index contributed by atoms with van der Waals surface area (Å²) in [4.78, 5) is 15.1. The monoisotopic (exact) mass is 321 g/mol.